The summed E-state index contributed by atoms with van der Waals surface area (Å²) in [6, 6.07) is 10.3. The molecule has 0 bridgehead atoms. The highest BCUT2D eigenvalue weighted by Gasteiger charge is 2.18. The molecular formula is C19H26N4O2. The number of anilines is 1. The smallest absolute Gasteiger partial charge is 0.240 e. The van der Waals surface area contributed by atoms with E-state index in [-0.39, 0.29) is 5.91 Å². The van der Waals surface area contributed by atoms with E-state index in [2.05, 4.69) is 51.5 Å². The van der Waals surface area contributed by atoms with E-state index in [4.69, 9.17) is 4.52 Å². The van der Waals surface area contributed by atoms with E-state index >= 15 is 0 Å². The fourth-order valence-corrected chi connectivity index (χ4v) is 3.17. The Kier molecular flexibility index (Phi) is 5.83. The van der Waals surface area contributed by atoms with Gasteiger partial charge in [0, 0.05) is 25.7 Å². The minimum absolute atomic E-state index is 0.0523. The molecule has 2 heterocycles. The Balaban J connectivity index is 1.48. The van der Waals surface area contributed by atoms with Crippen molar-refractivity contribution in [2.45, 2.75) is 26.8 Å². The number of hydrogen-bond donors (Lipinski definition) is 1. The molecule has 1 aromatic carbocycles. The molecule has 134 valence electrons. The van der Waals surface area contributed by atoms with E-state index in [1.54, 1.807) is 6.07 Å². The van der Waals surface area contributed by atoms with Crippen LogP contribution in [0.5, 0.6) is 0 Å². The molecule has 1 aromatic heterocycles. The van der Waals surface area contributed by atoms with Crippen molar-refractivity contribution in [1.82, 2.24) is 15.0 Å². The maximum atomic E-state index is 12.2. The number of aryl methyl sites for hydroxylation is 2. The van der Waals surface area contributed by atoms with Gasteiger partial charge in [-0.2, -0.15) is 0 Å². The molecule has 1 aliphatic heterocycles. The number of carbonyl (C=O) groups is 1. The van der Waals surface area contributed by atoms with Crippen molar-refractivity contribution in [3.63, 3.8) is 0 Å². The first kappa shape index (κ1) is 17.6. The largest absolute Gasteiger partial charge is 0.338 e. The quantitative estimate of drug-likeness (QED) is 0.904. The van der Waals surface area contributed by atoms with Crippen molar-refractivity contribution in [2.24, 2.45) is 0 Å². The second-order valence-electron chi connectivity index (χ2n) is 6.71. The van der Waals surface area contributed by atoms with Gasteiger partial charge in [0.1, 0.15) is 0 Å². The Morgan fingerprint density at radius 2 is 1.92 bits per heavy atom. The zero-order chi connectivity index (χ0) is 17.6. The van der Waals surface area contributed by atoms with E-state index in [0.717, 1.165) is 44.8 Å². The molecule has 1 aliphatic rings. The molecular weight excluding hydrogens is 316 g/mol. The number of amides is 1. The summed E-state index contributed by atoms with van der Waals surface area (Å²) >= 11 is 0. The average molecular weight is 342 g/mol. The zero-order valence-electron chi connectivity index (χ0n) is 15.0. The lowest BCUT2D eigenvalue weighted by Gasteiger charge is -2.22. The third-order valence-electron chi connectivity index (χ3n) is 4.59. The zero-order valence-corrected chi connectivity index (χ0v) is 15.0. The van der Waals surface area contributed by atoms with Gasteiger partial charge in [-0.15, -0.1) is 0 Å². The highest BCUT2D eigenvalue weighted by atomic mass is 16.5. The summed E-state index contributed by atoms with van der Waals surface area (Å²) in [5.74, 6) is 0.363. The van der Waals surface area contributed by atoms with E-state index < -0.39 is 0 Å². The number of hydrogen-bond acceptors (Lipinski definition) is 5. The lowest BCUT2D eigenvalue weighted by Crippen LogP contribution is -2.36. The summed E-state index contributed by atoms with van der Waals surface area (Å²) in [4.78, 5) is 16.8. The predicted octanol–water partition coefficient (Wildman–Crippen LogP) is 2.44. The number of rotatable bonds is 5. The molecule has 25 heavy (non-hydrogen) atoms. The van der Waals surface area contributed by atoms with Crippen LogP contribution in [0.4, 0.5) is 5.88 Å². The van der Waals surface area contributed by atoms with Gasteiger partial charge >= 0.3 is 0 Å². The molecule has 0 unspecified atom stereocenters. The highest BCUT2D eigenvalue weighted by molar-refractivity contribution is 5.90. The minimum atomic E-state index is -0.0523. The van der Waals surface area contributed by atoms with Crippen molar-refractivity contribution >= 4 is 11.8 Å². The van der Waals surface area contributed by atoms with Crippen LogP contribution < -0.4 is 5.32 Å². The SMILES string of the molecule is Cc1cc(NC(=O)CN2CCCN(Cc3ccccc3C)CC2)on1. The van der Waals surface area contributed by atoms with Crippen LogP contribution in [-0.2, 0) is 11.3 Å². The van der Waals surface area contributed by atoms with Gasteiger partial charge in [0.05, 0.1) is 12.2 Å². The van der Waals surface area contributed by atoms with Gasteiger partial charge < -0.3 is 4.52 Å². The van der Waals surface area contributed by atoms with E-state index in [1.807, 2.05) is 6.92 Å². The standard InChI is InChI=1S/C19H26N4O2/c1-15-6-3-4-7-17(15)13-22-8-5-9-23(11-10-22)14-18(24)20-19-12-16(2)21-25-19/h3-4,6-7,12H,5,8-11,13-14H2,1-2H3,(H,20,24). The average Bonchev–Trinajstić information content (AvgIpc) is 2.85. The highest BCUT2D eigenvalue weighted by Crippen LogP contribution is 2.13. The number of benzene rings is 1. The van der Waals surface area contributed by atoms with Gasteiger partial charge in [-0.3, -0.25) is 19.9 Å². The number of aromatic nitrogens is 1. The van der Waals surface area contributed by atoms with Crippen molar-refractivity contribution < 1.29 is 9.32 Å². The Labute approximate surface area is 148 Å². The second-order valence-corrected chi connectivity index (χ2v) is 6.71. The molecule has 0 radical (unpaired) electrons. The summed E-state index contributed by atoms with van der Waals surface area (Å²) in [6.07, 6.45) is 1.07. The second kappa shape index (κ2) is 8.27. The molecule has 1 N–H and O–H groups in total. The normalized spacial score (nSPS) is 16.6. The number of carbonyl (C=O) groups excluding carboxylic acids is 1. The molecule has 6 heteroatoms. The Bertz CT molecular complexity index is 713. The monoisotopic (exact) mass is 342 g/mol. The summed E-state index contributed by atoms with van der Waals surface area (Å²) in [5.41, 5.74) is 3.48. The van der Waals surface area contributed by atoms with Gasteiger partial charge in [-0.05, 0) is 44.5 Å². The van der Waals surface area contributed by atoms with Crippen LogP contribution in [-0.4, -0.2) is 53.6 Å². The van der Waals surface area contributed by atoms with Crippen molar-refractivity contribution in [1.29, 1.82) is 0 Å². The molecule has 6 nitrogen and oxygen atoms in total. The van der Waals surface area contributed by atoms with Gasteiger partial charge in [0.2, 0.25) is 11.8 Å². The van der Waals surface area contributed by atoms with Gasteiger partial charge in [0.25, 0.3) is 0 Å². The third kappa shape index (κ3) is 5.14. The topological polar surface area (TPSA) is 61.6 Å². The number of nitrogens with one attached hydrogen (secondary N) is 1. The van der Waals surface area contributed by atoms with Crippen LogP contribution in [0.15, 0.2) is 34.9 Å². The van der Waals surface area contributed by atoms with E-state index in [0.29, 0.717) is 12.4 Å². The molecule has 1 fully saturated rings. The van der Waals surface area contributed by atoms with Crippen molar-refractivity contribution in [3.05, 3.63) is 47.2 Å². The fourth-order valence-electron chi connectivity index (χ4n) is 3.17. The first-order valence-corrected chi connectivity index (χ1v) is 8.82. The van der Waals surface area contributed by atoms with Crippen molar-refractivity contribution in [2.75, 3.05) is 38.0 Å². The van der Waals surface area contributed by atoms with Crippen LogP contribution in [0.2, 0.25) is 0 Å². The summed E-state index contributed by atoms with van der Waals surface area (Å²) in [6.45, 7) is 9.23. The van der Waals surface area contributed by atoms with Crippen LogP contribution in [0.1, 0.15) is 23.2 Å². The fraction of sp³-hybridized carbons (Fsp3) is 0.474. The van der Waals surface area contributed by atoms with Gasteiger partial charge in [-0.25, -0.2) is 0 Å². The Morgan fingerprint density at radius 3 is 2.68 bits per heavy atom. The van der Waals surface area contributed by atoms with E-state index in [1.165, 1.54) is 11.1 Å². The Morgan fingerprint density at radius 1 is 1.16 bits per heavy atom. The van der Waals surface area contributed by atoms with Crippen LogP contribution in [0, 0.1) is 13.8 Å². The molecule has 3 rings (SSSR count). The molecule has 0 spiro atoms. The third-order valence-corrected chi connectivity index (χ3v) is 4.59. The molecule has 0 atom stereocenters. The van der Waals surface area contributed by atoms with Gasteiger partial charge in [-0.1, -0.05) is 29.4 Å². The maximum absolute atomic E-state index is 12.2. The molecule has 1 saturated heterocycles. The minimum Gasteiger partial charge on any atom is -0.338 e. The summed E-state index contributed by atoms with van der Waals surface area (Å²) in [7, 11) is 0. The summed E-state index contributed by atoms with van der Waals surface area (Å²) in [5, 5.41) is 6.54. The molecule has 0 saturated carbocycles. The Hall–Kier alpha value is -2.18. The van der Waals surface area contributed by atoms with Crippen LogP contribution in [0.25, 0.3) is 0 Å². The predicted molar refractivity (Wildman–Crippen MR) is 97.4 cm³/mol. The number of nitrogens with zero attached hydrogens (tertiary/aromatic N) is 3. The first-order valence-electron chi connectivity index (χ1n) is 8.82. The first-order chi connectivity index (χ1) is 12.1. The maximum Gasteiger partial charge on any atom is 0.240 e. The van der Waals surface area contributed by atoms with Crippen molar-refractivity contribution in [3.8, 4) is 0 Å². The molecule has 1 amide bonds. The molecule has 0 aliphatic carbocycles. The van der Waals surface area contributed by atoms with E-state index in [9.17, 15) is 4.79 Å². The van der Waals surface area contributed by atoms with Gasteiger partial charge in [0.15, 0.2) is 0 Å². The van der Waals surface area contributed by atoms with Crippen LogP contribution >= 0.6 is 0 Å². The lowest BCUT2D eigenvalue weighted by atomic mass is 10.1. The van der Waals surface area contributed by atoms with Crippen LogP contribution in [0.3, 0.4) is 0 Å². The molecule has 2 aromatic rings. The lowest BCUT2D eigenvalue weighted by molar-refractivity contribution is -0.117. The summed E-state index contributed by atoms with van der Waals surface area (Å²) < 4.78 is 5.03.